The first kappa shape index (κ1) is 5.56. The molecule has 0 spiro atoms. The third-order valence-corrected chi connectivity index (χ3v) is 1.96. The molecule has 1 unspecified atom stereocenters. The molecule has 0 aromatic heterocycles. The monoisotopic (exact) mass is 129 g/mol. The highest BCUT2D eigenvalue weighted by molar-refractivity contribution is 8.13. The second kappa shape index (κ2) is 2.13. The summed E-state index contributed by atoms with van der Waals surface area (Å²) in [5, 5.41) is 1.98. The summed E-state index contributed by atoms with van der Waals surface area (Å²) >= 11 is 0. The van der Waals surface area contributed by atoms with Crippen LogP contribution < -0.4 is 4.72 Å². The van der Waals surface area contributed by atoms with Gasteiger partial charge in [-0.05, 0) is 17.7 Å². The first-order valence-corrected chi connectivity index (χ1v) is 3.94. The van der Waals surface area contributed by atoms with Crippen LogP contribution in [0.15, 0.2) is 11.8 Å². The van der Waals surface area contributed by atoms with E-state index in [0.29, 0.717) is 5.70 Å². The van der Waals surface area contributed by atoms with Crippen LogP contribution in [0, 0.1) is 0 Å². The molecule has 0 fully saturated rings. The Kier molecular flexibility index (Phi) is 1.48. The Labute approximate surface area is 50.6 Å². The quantitative estimate of drug-likeness (QED) is 0.407. The predicted octanol–water partition coefficient (Wildman–Crippen LogP) is 0.288. The summed E-state index contributed by atoms with van der Waals surface area (Å²) in [7, 11) is 0.0984. The summed E-state index contributed by atoms with van der Waals surface area (Å²) in [6.45, 7) is 0. The Morgan fingerprint density at radius 2 is 2.62 bits per heavy atom. The number of rotatable bonds is 1. The maximum Gasteiger partial charge on any atom is 0.166 e. The van der Waals surface area contributed by atoms with E-state index in [-0.39, 0.29) is 10.7 Å². The van der Waals surface area contributed by atoms with Gasteiger partial charge in [0.15, 0.2) is 6.29 Å². The molecule has 0 aliphatic carbocycles. The van der Waals surface area contributed by atoms with Crippen LogP contribution in [0.25, 0.3) is 0 Å². The van der Waals surface area contributed by atoms with Crippen molar-refractivity contribution in [2.45, 2.75) is 0 Å². The van der Waals surface area contributed by atoms with E-state index in [0.717, 1.165) is 6.29 Å². The zero-order valence-corrected chi connectivity index (χ0v) is 5.37. The average Bonchev–Trinajstić information content (AvgIpc) is 2.14. The van der Waals surface area contributed by atoms with Gasteiger partial charge in [0.2, 0.25) is 0 Å². The molecule has 2 nitrogen and oxygen atoms in total. The van der Waals surface area contributed by atoms with Gasteiger partial charge in [-0.1, -0.05) is 10.7 Å². The first-order valence-electron chi connectivity index (χ1n) is 2.24. The maximum atomic E-state index is 10.0. The minimum absolute atomic E-state index is 0.0984. The van der Waals surface area contributed by atoms with E-state index in [1.54, 1.807) is 6.08 Å². The maximum absolute atomic E-state index is 10.0. The lowest BCUT2D eigenvalue weighted by Gasteiger charge is -1.95. The van der Waals surface area contributed by atoms with Gasteiger partial charge in [-0.3, -0.25) is 4.79 Å². The van der Waals surface area contributed by atoms with Crippen molar-refractivity contribution in [2.75, 3.05) is 6.26 Å². The highest BCUT2D eigenvalue weighted by atomic mass is 32.2. The van der Waals surface area contributed by atoms with Crippen molar-refractivity contribution in [3.05, 3.63) is 11.8 Å². The van der Waals surface area contributed by atoms with Gasteiger partial charge in [-0.2, -0.15) is 0 Å². The number of hydrogen-bond acceptors (Lipinski definition) is 2. The fourth-order valence-corrected chi connectivity index (χ4v) is 1.40. The van der Waals surface area contributed by atoms with E-state index in [2.05, 4.69) is 4.72 Å². The molecule has 3 heteroatoms. The average molecular weight is 129 g/mol. The molecule has 1 heterocycles. The molecule has 1 aliphatic rings. The SMILES string of the molecule is CS1=CC=C(C=O)N1. The van der Waals surface area contributed by atoms with Gasteiger partial charge in [0.25, 0.3) is 0 Å². The number of aldehydes is 1. The fraction of sp³-hybridized carbons (Fsp3) is 0.200. The van der Waals surface area contributed by atoms with E-state index in [1.165, 1.54) is 0 Å². The molecule has 0 radical (unpaired) electrons. The lowest BCUT2D eigenvalue weighted by atomic mass is 10.5. The van der Waals surface area contributed by atoms with Crippen molar-refractivity contribution < 1.29 is 4.79 Å². The van der Waals surface area contributed by atoms with Crippen LogP contribution in [0.2, 0.25) is 0 Å². The highest BCUT2D eigenvalue weighted by Gasteiger charge is 1.97. The van der Waals surface area contributed by atoms with Gasteiger partial charge in [-0.15, -0.1) is 0 Å². The summed E-state index contributed by atoms with van der Waals surface area (Å²) in [5.74, 6) is 0. The molecule has 0 bridgehead atoms. The zero-order valence-electron chi connectivity index (χ0n) is 4.55. The molecular weight excluding hydrogens is 122 g/mol. The molecular formula is C5H7NOS. The summed E-state index contributed by atoms with van der Waals surface area (Å²) in [6, 6.07) is 0. The van der Waals surface area contributed by atoms with Crippen LogP contribution in [0.1, 0.15) is 0 Å². The molecule has 1 N–H and O–H groups in total. The van der Waals surface area contributed by atoms with Gasteiger partial charge in [0, 0.05) is 0 Å². The summed E-state index contributed by atoms with van der Waals surface area (Å²) < 4.78 is 2.97. The minimum atomic E-state index is 0.0984. The summed E-state index contributed by atoms with van der Waals surface area (Å²) in [6.07, 6.45) is 4.65. The normalized spacial score (nSPS) is 25.6. The van der Waals surface area contributed by atoms with Crippen molar-refractivity contribution in [3.8, 4) is 0 Å². The van der Waals surface area contributed by atoms with Crippen LogP contribution in [0.4, 0.5) is 0 Å². The Balaban J connectivity index is 2.61. The number of carbonyl (C=O) groups excluding carboxylic acids is 1. The van der Waals surface area contributed by atoms with Crippen molar-refractivity contribution in [1.29, 1.82) is 0 Å². The Hall–Kier alpha value is -0.570. The lowest BCUT2D eigenvalue weighted by molar-refractivity contribution is -0.105. The number of carbonyl (C=O) groups is 1. The number of nitrogens with one attached hydrogen (secondary N) is 1. The molecule has 0 aromatic rings. The van der Waals surface area contributed by atoms with Gasteiger partial charge < -0.3 is 4.72 Å². The van der Waals surface area contributed by atoms with Crippen LogP contribution in [0.5, 0.6) is 0 Å². The predicted molar refractivity (Wildman–Crippen MR) is 36.9 cm³/mol. The zero-order chi connectivity index (χ0) is 5.98. The Morgan fingerprint density at radius 3 is 2.88 bits per heavy atom. The van der Waals surface area contributed by atoms with Crippen molar-refractivity contribution in [1.82, 2.24) is 4.72 Å². The molecule has 0 saturated carbocycles. The summed E-state index contributed by atoms with van der Waals surface area (Å²) in [5.41, 5.74) is 0.691. The van der Waals surface area contributed by atoms with Gasteiger partial charge in [0.05, 0.1) is 5.70 Å². The Morgan fingerprint density at radius 1 is 1.88 bits per heavy atom. The lowest BCUT2D eigenvalue weighted by Crippen LogP contribution is -2.00. The first-order chi connectivity index (χ1) is 3.83. The topological polar surface area (TPSA) is 29.1 Å². The fourth-order valence-electron chi connectivity index (χ4n) is 0.493. The van der Waals surface area contributed by atoms with E-state index in [9.17, 15) is 4.79 Å². The Bertz CT molecular complexity index is 171. The molecule has 0 saturated heterocycles. The third-order valence-electron chi connectivity index (χ3n) is 0.858. The second-order valence-corrected chi connectivity index (χ2v) is 3.13. The number of hydrogen-bond donors (Lipinski definition) is 1. The van der Waals surface area contributed by atoms with E-state index < -0.39 is 0 Å². The molecule has 44 valence electrons. The van der Waals surface area contributed by atoms with Crippen molar-refractivity contribution >= 4 is 22.3 Å². The third kappa shape index (κ3) is 0.980. The highest BCUT2D eigenvalue weighted by Crippen LogP contribution is 2.07. The van der Waals surface area contributed by atoms with Crippen LogP contribution in [-0.4, -0.2) is 17.9 Å². The van der Waals surface area contributed by atoms with E-state index in [1.807, 2.05) is 11.6 Å². The van der Waals surface area contributed by atoms with Crippen molar-refractivity contribution in [3.63, 3.8) is 0 Å². The molecule has 1 atom stereocenters. The summed E-state index contributed by atoms with van der Waals surface area (Å²) in [4.78, 5) is 10.0. The van der Waals surface area contributed by atoms with Crippen LogP contribution in [0.3, 0.4) is 0 Å². The van der Waals surface area contributed by atoms with Crippen LogP contribution in [-0.2, 0) is 4.79 Å². The standard InChI is InChI=1S/C5H7NOS/c1-8-3-2-5(4-7)6-8/h2-4,6H,1H3. The van der Waals surface area contributed by atoms with E-state index in [4.69, 9.17) is 0 Å². The van der Waals surface area contributed by atoms with E-state index >= 15 is 0 Å². The molecule has 0 amide bonds. The van der Waals surface area contributed by atoms with Crippen LogP contribution >= 0.6 is 10.7 Å². The van der Waals surface area contributed by atoms with Crippen molar-refractivity contribution in [2.24, 2.45) is 0 Å². The molecule has 1 rings (SSSR count). The smallest absolute Gasteiger partial charge is 0.166 e. The minimum Gasteiger partial charge on any atom is -0.333 e. The largest absolute Gasteiger partial charge is 0.333 e. The van der Waals surface area contributed by atoms with Gasteiger partial charge in [-0.25, -0.2) is 0 Å². The molecule has 8 heavy (non-hydrogen) atoms. The molecule has 0 aromatic carbocycles. The molecule has 1 aliphatic heterocycles. The second-order valence-electron chi connectivity index (χ2n) is 1.54. The van der Waals surface area contributed by atoms with Gasteiger partial charge in [0.1, 0.15) is 0 Å². The number of allylic oxidation sites excluding steroid dienone is 2. The van der Waals surface area contributed by atoms with Gasteiger partial charge >= 0.3 is 0 Å².